The third-order valence-electron chi connectivity index (χ3n) is 4.43. The quantitative estimate of drug-likeness (QED) is 0.470. The molecule has 2 aromatic rings. The van der Waals surface area contributed by atoms with E-state index < -0.39 is 0 Å². The summed E-state index contributed by atoms with van der Waals surface area (Å²) in [5.41, 5.74) is 3.01. The number of carbonyl (C=O) groups excluding carboxylic acids is 1. The molecule has 5 nitrogen and oxygen atoms in total. The van der Waals surface area contributed by atoms with Crippen LogP contribution in [0, 0.1) is 0 Å². The Morgan fingerprint density at radius 1 is 0.962 bits per heavy atom. The van der Waals surface area contributed by atoms with Gasteiger partial charge in [-0.25, -0.2) is 4.79 Å². The fraction of sp³-hybridized carbons (Fsp3) is 0.316. The first kappa shape index (κ1) is 18.9. The Balaban J connectivity index is 1.48. The number of thiol groups is 2. The Kier molecular flexibility index (Phi) is 6.71. The van der Waals surface area contributed by atoms with E-state index in [0.717, 1.165) is 43.1 Å². The minimum Gasteiger partial charge on any atom is -0.369 e. The lowest BCUT2D eigenvalue weighted by Crippen LogP contribution is -2.47. The highest BCUT2D eigenvalue weighted by Gasteiger charge is 2.19. The van der Waals surface area contributed by atoms with Gasteiger partial charge in [0.05, 0.1) is 4.71 Å². The van der Waals surface area contributed by atoms with E-state index in [9.17, 15) is 4.79 Å². The average molecular weight is 389 g/mol. The van der Waals surface area contributed by atoms with Crippen LogP contribution in [0.1, 0.15) is 5.56 Å². The van der Waals surface area contributed by atoms with Crippen molar-refractivity contribution in [3.63, 3.8) is 0 Å². The number of benzene rings is 2. The van der Waals surface area contributed by atoms with Gasteiger partial charge in [-0.05, 0) is 29.8 Å². The van der Waals surface area contributed by atoms with E-state index in [1.54, 1.807) is 0 Å². The van der Waals surface area contributed by atoms with Crippen molar-refractivity contribution in [1.29, 1.82) is 0 Å². The van der Waals surface area contributed by atoms with Gasteiger partial charge in [-0.1, -0.05) is 30.3 Å². The lowest BCUT2D eigenvalue weighted by atomic mass is 10.2. The second kappa shape index (κ2) is 9.21. The highest BCUT2D eigenvalue weighted by molar-refractivity contribution is 7.99. The highest BCUT2D eigenvalue weighted by atomic mass is 32.2. The molecular formula is C19H24N4OS2. The molecule has 3 rings (SSSR count). The molecule has 0 unspecified atom stereocenters. The standard InChI is InChI=1S/C19H24N4OS2/c24-18(20-14-15-4-2-1-3-5-15)21-16-6-8-17(9-7-16)22-10-12-23(13-11-22)19(25)26/h1-9,19,25-26H,10-14H2,(H2,20,21,24). The Morgan fingerprint density at radius 2 is 1.62 bits per heavy atom. The first-order chi connectivity index (χ1) is 12.6. The average Bonchev–Trinajstić information content (AvgIpc) is 2.68. The largest absolute Gasteiger partial charge is 0.369 e. The summed E-state index contributed by atoms with van der Waals surface area (Å²) >= 11 is 8.74. The number of hydrogen-bond donors (Lipinski definition) is 4. The summed E-state index contributed by atoms with van der Waals surface area (Å²) in [5, 5.41) is 5.73. The summed E-state index contributed by atoms with van der Waals surface area (Å²) in [6, 6.07) is 17.6. The minimum absolute atomic E-state index is 0.00174. The van der Waals surface area contributed by atoms with Gasteiger partial charge in [0.2, 0.25) is 0 Å². The number of urea groups is 1. The molecule has 0 radical (unpaired) electrons. The second-order valence-corrected chi connectivity index (χ2v) is 7.60. The van der Waals surface area contributed by atoms with Crippen molar-refractivity contribution in [2.75, 3.05) is 36.4 Å². The van der Waals surface area contributed by atoms with Gasteiger partial charge >= 0.3 is 6.03 Å². The minimum atomic E-state index is -0.205. The summed E-state index contributed by atoms with van der Waals surface area (Å²) in [4.78, 5) is 16.6. The number of nitrogens with one attached hydrogen (secondary N) is 2. The van der Waals surface area contributed by atoms with Gasteiger partial charge in [-0.3, -0.25) is 4.90 Å². The van der Waals surface area contributed by atoms with Crippen LogP contribution in [-0.2, 0) is 6.54 Å². The first-order valence-corrected chi connectivity index (χ1v) is 9.69. The molecule has 0 spiro atoms. The van der Waals surface area contributed by atoms with Crippen molar-refractivity contribution in [2.24, 2.45) is 0 Å². The molecule has 0 atom stereocenters. The van der Waals surface area contributed by atoms with Crippen LogP contribution in [0.15, 0.2) is 54.6 Å². The molecule has 0 saturated carbocycles. The zero-order valence-electron chi connectivity index (χ0n) is 14.5. The van der Waals surface area contributed by atoms with Gasteiger partial charge < -0.3 is 15.5 Å². The maximum atomic E-state index is 12.0. The summed E-state index contributed by atoms with van der Waals surface area (Å²) in [6.07, 6.45) is 0. The summed E-state index contributed by atoms with van der Waals surface area (Å²) in [7, 11) is 0. The zero-order valence-corrected chi connectivity index (χ0v) is 16.3. The van der Waals surface area contributed by atoms with Gasteiger partial charge in [0.1, 0.15) is 0 Å². The number of rotatable bonds is 5. The van der Waals surface area contributed by atoms with Crippen molar-refractivity contribution in [1.82, 2.24) is 10.2 Å². The Labute approximate surface area is 165 Å². The van der Waals surface area contributed by atoms with Crippen molar-refractivity contribution in [3.8, 4) is 0 Å². The summed E-state index contributed by atoms with van der Waals surface area (Å²) in [5.74, 6) is 0. The van der Waals surface area contributed by atoms with E-state index in [2.05, 4.69) is 45.7 Å². The zero-order chi connectivity index (χ0) is 18.4. The summed E-state index contributed by atoms with van der Waals surface area (Å²) in [6.45, 7) is 4.29. The van der Waals surface area contributed by atoms with Crippen LogP contribution >= 0.6 is 25.3 Å². The molecule has 1 heterocycles. The van der Waals surface area contributed by atoms with Crippen molar-refractivity contribution in [2.45, 2.75) is 11.3 Å². The van der Waals surface area contributed by atoms with Gasteiger partial charge in [0.25, 0.3) is 0 Å². The molecule has 2 aromatic carbocycles. The fourth-order valence-electron chi connectivity index (χ4n) is 2.92. The van der Waals surface area contributed by atoms with Crippen LogP contribution in [0.2, 0.25) is 0 Å². The maximum absolute atomic E-state index is 12.0. The van der Waals surface area contributed by atoms with E-state index in [0.29, 0.717) is 6.54 Å². The molecule has 138 valence electrons. The second-order valence-electron chi connectivity index (χ2n) is 6.21. The molecule has 1 fully saturated rings. The predicted molar refractivity (Wildman–Crippen MR) is 114 cm³/mol. The van der Waals surface area contributed by atoms with Crippen LogP contribution in [0.5, 0.6) is 0 Å². The number of hydrogen-bond acceptors (Lipinski definition) is 5. The third-order valence-corrected chi connectivity index (χ3v) is 5.08. The lowest BCUT2D eigenvalue weighted by molar-refractivity contribution is 0.251. The molecule has 1 saturated heterocycles. The number of carbonyl (C=O) groups is 1. The molecule has 2 amide bonds. The molecule has 0 aromatic heterocycles. The molecule has 0 aliphatic carbocycles. The van der Waals surface area contributed by atoms with E-state index >= 15 is 0 Å². The van der Waals surface area contributed by atoms with E-state index in [-0.39, 0.29) is 10.7 Å². The lowest BCUT2D eigenvalue weighted by Gasteiger charge is -2.37. The van der Waals surface area contributed by atoms with Crippen LogP contribution in [0.4, 0.5) is 16.2 Å². The molecule has 0 bridgehead atoms. The number of nitrogens with zero attached hydrogens (tertiary/aromatic N) is 2. The third kappa shape index (κ3) is 5.33. The van der Waals surface area contributed by atoms with Crippen molar-refractivity contribution in [3.05, 3.63) is 60.2 Å². The number of amides is 2. The van der Waals surface area contributed by atoms with Gasteiger partial charge in [0, 0.05) is 44.1 Å². The molecule has 1 aliphatic heterocycles. The van der Waals surface area contributed by atoms with E-state index in [1.807, 2.05) is 54.6 Å². The Morgan fingerprint density at radius 3 is 2.23 bits per heavy atom. The van der Waals surface area contributed by atoms with Gasteiger partial charge in [-0.15, -0.1) is 25.3 Å². The van der Waals surface area contributed by atoms with E-state index in [1.165, 1.54) is 0 Å². The van der Waals surface area contributed by atoms with Crippen molar-refractivity contribution >= 4 is 42.7 Å². The van der Waals surface area contributed by atoms with Crippen molar-refractivity contribution < 1.29 is 4.79 Å². The Bertz CT molecular complexity index is 701. The highest BCUT2D eigenvalue weighted by Crippen LogP contribution is 2.21. The van der Waals surface area contributed by atoms with Gasteiger partial charge in [0.15, 0.2) is 0 Å². The van der Waals surface area contributed by atoms with Crippen LogP contribution < -0.4 is 15.5 Å². The Hall–Kier alpha value is -1.83. The molecule has 26 heavy (non-hydrogen) atoms. The maximum Gasteiger partial charge on any atom is 0.319 e. The number of anilines is 2. The fourth-order valence-corrected chi connectivity index (χ4v) is 3.38. The number of piperazine rings is 1. The first-order valence-electron chi connectivity index (χ1n) is 8.66. The topological polar surface area (TPSA) is 47.6 Å². The molecular weight excluding hydrogens is 364 g/mol. The van der Waals surface area contributed by atoms with Crippen LogP contribution in [0.25, 0.3) is 0 Å². The van der Waals surface area contributed by atoms with Crippen LogP contribution in [-0.4, -0.2) is 41.8 Å². The normalized spacial score (nSPS) is 15.1. The van der Waals surface area contributed by atoms with Crippen LogP contribution in [0.3, 0.4) is 0 Å². The monoisotopic (exact) mass is 388 g/mol. The molecule has 7 heteroatoms. The van der Waals surface area contributed by atoms with E-state index in [4.69, 9.17) is 0 Å². The summed E-state index contributed by atoms with van der Waals surface area (Å²) < 4.78 is -0.00174. The molecule has 2 N–H and O–H groups in total. The predicted octanol–water partition coefficient (Wildman–Crippen LogP) is 3.27. The molecule has 1 aliphatic rings. The smallest absolute Gasteiger partial charge is 0.319 e. The van der Waals surface area contributed by atoms with Gasteiger partial charge in [-0.2, -0.15) is 0 Å². The SMILES string of the molecule is O=C(NCc1ccccc1)Nc1ccc(N2CCN(C(S)S)CC2)cc1.